The Morgan fingerprint density at radius 2 is 2.12 bits per heavy atom. The Morgan fingerprint density at radius 3 is 2.71 bits per heavy atom. The number of piperidine rings is 1. The van der Waals surface area contributed by atoms with E-state index in [9.17, 15) is 5.11 Å². The molecule has 0 bridgehead atoms. The van der Waals surface area contributed by atoms with Crippen LogP contribution in [0.3, 0.4) is 0 Å². The molecule has 1 aliphatic rings. The lowest BCUT2D eigenvalue weighted by Gasteiger charge is -2.41. The van der Waals surface area contributed by atoms with E-state index in [1.54, 1.807) is 0 Å². The van der Waals surface area contributed by atoms with Crippen molar-refractivity contribution in [3.05, 3.63) is 0 Å². The maximum Gasteiger partial charge on any atom is 0.0900 e. The summed E-state index contributed by atoms with van der Waals surface area (Å²) in [4.78, 5) is 2.35. The number of hydrogen-bond acceptors (Lipinski definition) is 4. The second-order valence-corrected chi connectivity index (χ2v) is 5.40. The molecule has 0 aliphatic carbocycles. The predicted octanol–water partition coefficient (Wildman–Crippen LogP) is 0.974. The van der Waals surface area contributed by atoms with Crippen LogP contribution in [0.5, 0.6) is 0 Å². The van der Waals surface area contributed by atoms with Gasteiger partial charge in [-0.1, -0.05) is 6.42 Å². The van der Waals surface area contributed by atoms with Crippen molar-refractivity contribution in [2.45, 2.75) is 64.3 Å². The molecule has 3 atom stereocenters. The van der Waals surface area contributed by atoms with Crippen molar-refractivity contribution < 1.29 is 9.84 Å². The number of aliphatic hydroxyl groups is 1. The number of nitrogens with zero attached hydrogens (tertiary/aromatic N) is 1. The molecule has 0 radical (unpaired) electrons. The standard InChI is InChI=1S/C13H28N2O2/c1-10(2)17-9-13(16)8-15-11(3)5-4-6-12(15)7-14/h10-13,16H,4-9,14H2,1-3H3. The Labute approximate surface area is 105 Å². The third-order valence-corrected chi connectivity index (χ3v) is 3.51. The van der Waals surface area contributed by atoms with Gasteiger partial charge in [0.15, 0.2) is 0 Å². The van der Waals surface area contributed by atoms with Gasteiger partial charge in [-0.3, -0.25) is 4.90 Å². The van der Waals surface area contributed by atoms with Gasteiger partial charge < -0.3 is 15.6 Å². The van der Waals surface area contributed by atoms with E-state index >= 15 is 0 Å². The van der Waals surface area contributed by atoms with Crippen LogP contribution in [0.15, 0.2) is 0 Å². The maximum atomic E-state index is 9.97. The lowest BCUT2D eigenvalue weighted by molar-refractivity contribution is -0.0272. The van der Waals surface area contributed by atoms with Crippen molar-refractivity contribution in [1.29, 1.82) is 0 Å². The first-order valence-electron chi connectivity index (χ1n) is 6.80. The molecule has 1 aliphatic heterocycles. The SMILES string of the molecule is CC(C)OCC(O)CN1C(C)CCCC1CN. The summed E-state index contributed by atoms with van der Waals surface area (Å²) in [5.41, 5.74) is 5.80. The van der Waals surface area contributed by atoms with Gasteiger partial charge in [0.2, 0.25) is 0 Å². The molecule has 1 heterocycles. The average Bonchev–Trinajstić information content (AvgIpc) is 2.29. The first-order valence-corrected chi connectivity index (χ1v) is 6.80. The van der Waals surface area contributed by atoms with E-state index < -0.39 is 6.10 Å². The first-order chi connectivity index (χ1) is 8.04. The van der Waals surface area contributed by atoms with Crippen LogP contribution in [0, 0.1) is 0 Å². The van der Waals surface area contributed by atoms with Crippen molar-refractivity contribution in [3.8, 4) is 0 Å². The Bertz CT molecular complexity index is 212. The van der Waals surface area contributed by atoms with Gasteiger partial charge in [-0.15, -0.1) is 0 Å². The number of nitrogens with two attached hydrogens (primary N) is 1. The fraction of sp³-hybridized carbons (Fsp3) is 1.00. The second kappa shape index (κ2) is 7.31. The molecule has 1 saturated heterocycles. The number of likely N-dealkylation sites (tertiary alicyclic amines) is 1. The second-order valence-electron chi connectivity index (χ2n) is 5.40. The third kappa shape index (κ3) is 4.92. The lowest BCUT2D eigenvalue weighted by Crippen LogP contribution is -2.52. The van der Waals surface area contributed by atoms with E-state index in [1.807, 2.05) is 13.8 Å². The molecule has 0 aromatic carbocycles. The summed E-state index contributed by atoms with van der Waals surface area (Å²) in [5.74, 6) is 0. The van der Waals surface area contributed by atoms with E-state index in [1.165, 1.54) is 12.8 Å². The zero-order chi connectivity index (χ0) is 12.8. The Kier molecular flexibility index (Phi) is 6.41. The van der Waals surface area contributed by atoms with Gasteiger partial charge in [-0.05, 0) is 33.6 Å². The summed E-state index contributed by atoms with van der Waals surface area (Å²) in [5, 5.41) is 9.97. The van der Waals surface area contributed by atoms with Gasteiger partial charge >= 0.3 is 0 Å². The highest BCUT2D eigenvalue weighted by Crippen LogP contribution is 2.22. The largest absolute Gasteiger partial charge is 0.389 e. The summed E-state index contributed by atoms with van der Waals surface area (Å²) in [7, 11) is 0. The summed E-state index contributed by atoms with van der Waals surface area (Å²) in [6.45, 7) is 7.96. The van der Waals surface area contributed by atoms with Gasteiger partial charge in [-0.25, -0.2) is 0 Å². The van der Waals surface area contributed by atoms with Crippen molar-refractivity contribution in [2.75, 3.05) is 19.7 Å². The van der Waals surface area contributed by atoms with Gasteiger partial charge in [0.25, 0.3) is 0 Å². The van der Waals surface area contributed by atoms with E-state index in [0.717, 1.165) is 6.42 Å². The van der Waals surface area contributed by atoms with Crippen LogP contribution in [0.2, 0.25) is 0 Å². The molecule has 1 rings (SSSR count). The molecule has 17 heavy (non-hydrogen) atoms. The summed E-state index contributed by atoms with van der Waals surface area (Å²) in [6, 6.07) is 0.943. The van der Waals surface area contributed by atoms with Crippen LogP contribution in [-0.4, -0.2) is 54.0 Å². The zero-order valence-electron chi connectivity index (χ0n) is 11.4. The molecule has 0 spiro atoms. The highest BCUT2D eigenvalue weighted by Gasteiger charge is 2.28. The molecule has 4 heteroatoms. The zero-order valence-corrected chi connectivity index (χ0v) is 11.4. The Balaban J connectivity index is 2.40. The van der Waals surface area contributed by atoms with Crippen LogP contribution < -0.4 is 5.73 Å². The van der Waals surface area contributed by atoms with Gasteiger partial charge in [-0.2, -0.15) is 0 Å². The topological polar surface area (TPSA) is 58.7 Å². The molecule has 3 unspecified atom stereocenters. The van der Waals surface area contributed by atoms with Crippen molar-refractivity contribution >= 4 is 0 Å². The van der Waals surface area contributed by atoms with Crippen LogP contribution in [-0.2, 0) is 4.74 Å². The number of β-amino-alcohol motifs (C(OH)–C–C–N with tert-alkyl or cyclic N) is 1. The van der Waals surface area contributed by atoms with Crippen LogP contribution in [0.25, 0.3) is 0 Å². The van der Waals surface area contributed by atoms with Gasteiger partial charge in [0, 0.05) is 25.2 Å². The molecule has 0 saturated carbocycles. The molecule has 4 nitrogen and oxygen atoms in total. The van der Waals surface area contributed by atoms with Crippen LogP contribution >= 0.6 is 0 Å². The summed E-state index contributed by atoms with van der Waals surface area (Å²) < 4.78 is 5.44. The average molecular weight is 244 g/mol. The molecule has 0 aromatic heterocycles. The molecule has 1 fully saturated rings. The minimum Gasteiger partial charge on any atom is -0.389 e. The normalized spacial score (nSPS) is 28.6. The highest BCUT2D eigenvalue weighted by molar-refractivity contribution is 4.84. The molecular formula is C13H28N2O2. The molecular weight excluding hydrogens is 216 g/mol. The Hall–Kier alpha value is -0.160. The van der Waals surface area contributed by atoms with Gasteiger partial charge in [0.05, 0.1) is 18.8 Å². The number of hydrogen-bond donors (Lipinski definition) is 2. The first kappa shape index (κ1) is 14.9. The molecule has 0 aromatic rings. The Morgan fingerprint density at radius 1 is 1.41 bits per heavy atom. The number of rotatable bonds is 6. The number of ether oxygens (including phenoxy) is 1. The molecule has 0 amide bonds. The highest BCUT2D eigenvalue weighted by atomic mass is 16.5. The van der Waals surface area contributed by atoms with Crippen molar-refractivity contribution in [1.82, 2.24) is 4.90 Å². The van der Waals surface area contributed by atoms with Crippen LogP contribution in [0.1, 0.15) is 40.0 Å². The van der Waals surface area contributed by atoms with Gasteiger partial charge in [0.1, 0.15) is 0 Å². The predicted molar refractivity (Wildman–Crippen MR) is 70.0 cm³/mol. The monoisotopic (exact) mass is 244 g/mol. The number of aliphatic hydroxyl groups excluding tert-OH is 1. The molecule has 3 N–H and O–H groups in total. The minimum absolute atomic E-state index is 0.175. The van der Waals surface area contributed by atoms with E-state index in [0.29, 0.717) is 31.8 Å². The van der Waals surface area contributed by atoms with E-state index in [4.69, 9.17) is 10.5 Å². The third-order valence-electron chi connectivity index (χ3n) is 3.51. The quantitative estimate of drug-likeness (QED) is 0.731. The maximum absolute atomic E-state index is 9.97. The van der Waals surface area contributed by atoms with E-state index in [-0.39, 0.29) is 6.10 Å². The van der Waals surface area contributed by atoms with Crippen molar-refractivity contribution in [2.24, 2.45) is 5.73 Å². The minimum atomic E-state index is -0.410. The fourth-order valence-corrected chi connectivity index (χ4v) is 2.52. The van der Waals surface area contributed by atoms with E-state index in [2.05, 4.69) is 11.8 Å². The summed E-state index contributed by atoms with van der Waals surface area (Å²) in [6.07, 6.45) is 3.37. The van der Waals surface area contributed by atoms with Crippen molar-refractivity contribution in [3.63, 3.8) is 0 Å². The fourth-order valence-electron chi connectivity index (χ4n) is 2.52. The lowest BCUT2D eigenvalue weighted by atomic mass is 9.96. The smallest absolute Gasteiger partial charge is 0.0900 e. The van der Waals surface area contributed by atoms with Crippen LogP contribution in [0.4, 0.5) is 0 Å². The molecule has 102 valence electrons. The summed E-state index contributed by atoms with van der Waals surface area (Å²) >= 11 is 0.